The maximum absolute atomic E-state index is 5.30. The Labute approximate surface area is 341 Å². The molecule has 0 unspecified atom stereocenters. The Morgan fingerprint density at radius 3 is 0.982 bits per heavy atom. The zero-order valence-corrected chi connectivity index (χ0v) is 37.6. The smallest absolute Gasteiger partial charge is 0.122 e. The monoisotopic (exact) mass is 755 g/mol. The highest BCUT2D eigenvalue weighted by molar-refractivity contribution is 5.63. The highest BCUT2D eigenvalue weighted by atomic mass is 16.5. The summed E-state index contributed by atoms with van der Waals surface area (Å²) in [4.78, 5) is 15.1. The fourth-order valence-corrected chi connectivity index (χ4v) is 3.13. The van der Waals surface area contributed by atoms with Crippen molar-refractivity contribution in [1.29, 1.82) is 0 Å². The van der Waals surface area contributed by atoms with Crippen molar-refractivity contribution >= 4 is 18.6 Å². The summed E-state index contributed by atoms with van der Waals surface area (Å²) in [5.41, 5.74) is 1.34. The summed E-state index contributed by atoms with van der Waals surface area (Å²) in [6.45, 7) is 28.9. The van der Waals surface area contributed by atoms with Crippen LogP contribution in [-0.4, -0.2) is 30.2 Å². The van der Waals surface area contributed by atoms with Gasteiger partial charge in [-0.15, -0.1) is 0 Å². The third-order valence-electron chi connectivity index (χ3n) is 5.11. The molecule has 0 amide bonds. The molecule has 0 radical (unpaired) electrons. The number of aliphatic imine (C=N–C) groups is 3. The number of pyridine rings is 1. The molecule has 0 spiro atoms. The van der Waals surface area contributed by atoms with Gasteiger partial charge in [-0.05, 0) is 30.2 Å². The zero-order valence-electron chi connectivity index (χ0n) is 37.6. The Balaban J connectivity index is -0.000000122. The van der Waals surface area contributed by atoms with E-state index in [1.807, 2.05) is 207 Å². The van der Waals surface area contributed by atoms with E-state index in [-0.39, 0.29) is 0 Å². The molecular weight excluding hydrogens is 673 g/mol. The molecule has 3 aromatic rings. The molecule has 0 bridgehead atoms. The van der Waals surface area contributed by atoms with E-state index in [1.165, 1.54) is 5.56 Å². The van der Waals surface area contributed by atoms with E-state index in [0.29, 0.717) is 0 Å². The molecule has 5 heterocycles. The predicted molar refractivity (Wildman–Crippen MR) is 255 cm³/mol. The molecule has 1 aliphatic carbocycles. The van der Waals surface area contributed by atoms with Gasteiger partial charge >= 0.3 is 0 Å². The maximum Gasteiger partial charge on any atom is 0.122 e. The van der Waals surface area contributed by atoms with Crippen LogP contribution in [0.5, 0.6) is 5.75 Å². The standard InChI is InChI=1S/C8H8O.C6H6.C5H5N.C5H6.3C4H5N.7C2H6/c1-2-4-8-7(3-1)5-6-9-8;2*1-2-4-6-5-3-1;4*1-2-4-5-3-1;7*1-2/h1-4H,5-6H2;1-6H;1-5H;1-4H,5H2;3*1,3-4H,2H2;7*1-2H3. The number of rotatable bonds is 0. The van der Waals surface area contributed by atoms with Crippen LogP contribution in [0.1, 0.15) is 128 Å². The van der Waals surface area contributed by atoms with Crippen LogP contribution in [0, 0.1) is 0 Å². The van der Waals surface area contributed by atoms with E-state index in [4.69, 9.17) is 4.74 Å². The van der Waals surface area contributed by atoms with Gasteiger partial charge in [-0.3, -0.25) is 20.0 Å². The summed E-state index contributed by atoms with van der Waals surface area (Å²) in [5.74, 6) is 1.07. The van der Waals surface area contributed by atoms with Crippen LogP contribution < -0.4 is 4.74 Å². The average molecular weight is 755 g/mol. The number of allylic oxidation sites excluding steroid dienone is 7. The second-order valence-electron chi connectivity index (χ2n) is 8.33. The number of benzene rings is 2. The van der Waals surface area contributed by atoms with Crippen molar-refractivity contribution in [3.63, 3.8) is 0 Å². The van der Waals surface area contributed by atoms with Crippen molar-refractivity contribution in [2.75, 3.05) is 6.61 Å². The second-order valence-corrected chi connectivity index (χ2v) is 8.33. The molecule has 4 aliphatic heterocycles. The summed E-state index contributed by atoms with van der Waals surface area (Å²) in [6.07, 6.45) is 34.2. The lowest BCUT2D eigenvalue weighted by atomic mass is 10.2. The average Bonchev–Trinajstić information content (AvgIpc) is 4.18. The van der Waals surface area contributed by atoms with Crippen LogP contribution in [0.25, 0.3) is 0 Å². The zero-order chi connectivity index (χ0) is 42.7. The van der Waals surface area contributed by atoms with Gasteiger partial charge in [-0.25, -0.2) is 0 Å². The molecule has 5 nitrogen and oxygen atoms in total. The van der Waals surface area contributed by atoms with Gasteiger partial charge in [0.25, 0.3) is 0 Å². The first-order valence-electron chi connectivity index (χ1n) is 20.8. The minimum absolute atomic E-state index is 0.860. The highest BCUT2D eigenvalue weighted by Crippen LogP contribution is 2.23. The summed E-state index contributed by atoms with van der Waals surface area (Å²) < 4.78 is 5.30. The van der Waals surface area contributed by atoms with Gasteiger partial charge in [0.2, 0.25) is 0 Å². The minimum atomic E-state index is 0.860. The number of para-hydroxylation sites is 1. The number of ether oxygens (including phenoxy) is 1. The maximum atomic E-state index is 5.30. The van der Waals surface area contributed by atoms with Crippen LogP contribution in [0.3, 0.4) is 0 Å². The van der Waals surface area contributed by atoms with Gasteiger partial charge < -0.3 is 4.74 Å². The normalized spacial score (nSPS) is 11.3. The highest BCUT2D eigenvalue weighted by Gasteiger charge is 2.08. The Morgan fingerprint density at radius 1 is 0.400 bits per heavy atom. The number of fused-ring (bicyclic) bond motifs is 1. The largest absolute Gasteiger partial charge is 0.493 e. The second kappa shape index (κ2) is 70.6. The lowest BCUT2D eigenvalue weighted by Crippen LogP contribution is -1.85. The van der Waals surface area contributed by atoms with Crippen LogP contribution in [-0.2, 0) is 6.42 Å². The Kier molecular flexibility index (Phi) is 79.8. The van der Waals surface area contributed by atoms with E-state index in [1.54, 1.807) is 31.0 Å². The third-order valence-corrected chi connectivity index (χ3v) is 5.11. The summed E-state index contributed by atoms with van der Waals surface area (Å²) in [7, 11) is 0. The quantitative estimate of drug-likeness (QED) is 0.229. The summed E-state index contributed by atoms with van der Waals surface area (Å²) >= 11 is 0. The van der Waals surface area contributed by atoms with Gasteiger partial charge in [0.05, 0.1) is 6.61 Å². The third kappa shape index (κ3) is 56.0. The molecule has 1 aromatic heterocycles. The Morgan fingerprint density at radius 2 is 0.764 bits per heavy atom. The molecule has 55 heavy (non-hydrogen) atoms. The van der Waals surface area contributed by atoms with Gasteiger partial charge in [0.15, 0.2) is 0 Å². The molecule has 5 aliphatic rings. The first-order chi connectivity index (χ1) is 27.5. The molecule has 0 saturated heterocycles. The minimum Gasteiger partial charge on any atom is -0.493 e. The van der Waals surface area contributed by atoms with Crippen LogP contribution >= 0.6 is 0 Å². The number of hydrogen-bond donors (Lipinski definition) is 0. The van der Waals surface area contributed by atoms with E-state index >= 15 is 0 Å². The van der Waals surface area contributed by atoms with Gasteiger partial charge in [-0.1, -0.05) is 200 Å². The van der Waals surface area contributed by atoms with Gasteiger partial charge in [-0.2, -0.15) is 0 Å². The molecule has 5 heteroatoms. The molecule has 2 aromatic carbocycles. The van der Waals surface area contributed by atoms with Crippen molar-refractivity contribution in [2.45, 2.75) is 129 Å². The first-order valence-corrected chi connectivity index (χ1v) is 20.8. The van der Waals surface area contributed by atoms with Crippen LogP contribution in [0.4, 0.5) is 0 Å². The van der Waals surface area contributed by atoms with Crippen molar-refractivity contribution in [3.05, 3.63) is 158 Å². The number of aromatic nitrogens is 1. The fraction of sp³-hybridized carbons (Fsp3) is 0.400. The molecule has 308 valence electrons. The topological polar surface area (TPSA) is 59.2 Å². The van der Waals surface area contributed by atoms with Gasteiger partial charge in [0, 0.05) is 75.3 Å². The van der Waals surface area contributed by atoms with Crippen LogP contribution in [0.15, 0.2) is 167 Å². The van der Waals surface area contributed by atoms with Crippen molar-refractivity contribution in [1.82, 2.24) is 4.98 Å². The van der Waals surface area contributed by atoms with E-state index in [0.717, 1.165) is 44.5 Å². The van der Waals surface area contributed by atoms with E-state index in [2.05, 4.69) is 50.3 Å². The summed E-state index contributed by atoms with van der Waals surface area (Å²) in [6, 6.07) is 25.9. The molecule has 0 saturated carbocycles. The van der Waals surface area contributed by atoms with Crippen molar-refractivity contribution < 1.29 is 4.74 Å². The van der Waals surface area contributed by atoms with Crippen molar-refractivity contribution in [3.8, 4) is 5.75 Å². The number of nitrogens with zero attached hydrogens (tertiary/aromatic N) is 4. The number of hydrogen-bond acceptors (Lipinski definition) is 5. The molecule has 0 fully saturated rings. The Hall–Kier alpha value is -4.90. The molecule has 0 atom stereocenters. The Bertz CT molecular complexity index is 1020. The molecular formula is C50H82N4O. The van der Waals surface area contributed by atoms with Crippen LogP contribution in [0.2, 0.25) is 0 Å². The SMILES string of the molecule is C1=CCC=C1.C1=CN=CC1.C1=CN=CC1.C1=CN=CC1.CC.CC.CC.CC.CC.CC.CC.c1ccc2c(c1)CCO2.c1ccccc1.c1ccncc1. The lowest BCUT2D eigenvalue weighted by Gasteiger charge is -1.93. The first kappa shape index (κ1) is 62.1. The van der Waals surface area contributed by atoms with E-state index in [9.17, 15) is 0 Å². The lowest BCUT2D eigenvalue weighted by molar-refractivity contribution is 0.357. The molecule has 0 N–H and O–H groups in total. The van der Waals surface area contributed by atoms with Gasteiger partial charge in [0.1, 0.15) is 5.75 Å². The fourth-order valence-electron chi connectivity index (χ4n) is 3.13. The van der Waals surface area contributed by atoms with Crippen molar-refractivity contribution in [2.24, 2.45) is 15.0 Å². The predicted octanol–water partition coefficient (Wildman–Crippen LogP) is 16.0. The van der Waals surface area contributed by atoms with E-state index < -0.39 is 0 Å². The molecule has 8 rings (SSSR count). The summed E-state index contributed by atoms with van der Waals surface area (Å²) in [5, 5.41) is 0.